The molecule has 0 unspecified atom stereocenters. The van der Waals surface area contributed by atoms with Gasteiger partial charge in [-0.05, 0) is 19.4 Å². The SMILES string of the molecule is C[C@@H]1O[C@]1(C)C(=O)C1=NNC[C@H]1c1ccccc1. The average Bonchev–Trinajstić information content (AvgIpc) is 2.83. The summed E-state index contributed by atoms with van der Waals surface area (Å²) in [5, 5.41) is 4.17. The van der Waals surface area contributed by atoms with Crippen LogP contribution < -0.4 is 5.43 Å². The fourth-order valence-corrected chi connectivity index (χ4v) is 2.39. The summed E-state index contributed by atoms with van der Waals surface area (Å²) < 4.78 is 5.40. The molecule has 1 aromatic rings. The first-order chi connectivity index (χ1) is 8.63. The molecule has 0 amide bonds. The molecule has 3 atom stereocenters. The summed E-state index contributed by atoms with van der Waals surface area (Å²) in [4.78, 5) is 12.4. The summed E-state index contributed by atoms with van der Waals surface area (Å²) >= 11 is 0. The average molecular weight is 244 g/mol. The van der Waals surface area contributed by atoms with Gasteiger partial charge in [-0.25, -0.2) is 0 Å². The van der Waals surface area contributed by atoms with Gasteiger partial charge in [-0.1, -0.05) is 30.3 Å². The highest BCUT2D eigenvalue weighted by Crippen LogP contribution is 2.38. The molecule has 0 radical (unpaired) electrons. The van der Waals surface area contributed by atoms with Gasteiger partial charge in [0.15, 0.2) is 5.60 Å². The summed E-state index contributed by atoms with van der Waals surface area (Å²) in [7, 11) is 0. The Kier molecular flexibility index (Phi) is 2.48. The molecule has 0 aromatic heterocycles. The van der Waals surface area contributed by atoms with Crippen molar-refractivity contribution in [2.75, 3.05) is 6.54 Å². The van der Waals surface area contributed by atoms with Crippen LogP contribution in [0.15, 0.2) is 35.4 Å². The van der Waals surface area contributed by atoms with Crippen LogP contribution in [0.1, 0.15) is 25.3 Å². The first kappa shape index (κ1) is 11.4. The van der Waals surface area contributed by atoms with Crippen molar-refractivity contribution in [3.8, 4) is 0 Å². The Hall–Kier alpha value is -1.68. The van der Waals surface area contributed by atoms with E-state index in [4.69, 9.17) is 4.74 Å². The first-order valence-corrected chi connectivity index (χ1v) is 6.21. The third-order valence-corrected chi connectivity index (χ3v) is 3.85. The lowest BCUT2D eigenvalue weighted by atomic mass is 9.87. The van der Waals surface area contributed by atoms with Gasteiger partial charge in [0.1, 0.15) is 5.71 Å². The van der Waals surface area contributed by atoms with Crippen LogP contribution in [0.5, 0.6) is 0 Å². The molecule has 1 N–H and O–H groups in total. The van der Waals surface area contributed by atoms with Crippen molar-refractivity contribution < 1.29 is 9.53 Å². The summed E-state index contributed by atoms with van der Waals surface area (Å²) in [5.41, 5.74) is 3.97. The van der Waals surface area contributed by atoms with Crippen molar-refractivity contribution in [2.24, 2.45) is 5.10 Å². The number of rotatable bonds is 3. The lowest BCUT2D eigenvalue weighted by molar-refractivity contribution is -0.117. The molecule has 18 heavy (non-hydrogen) atoms. The number of nitrogens with one attached hydrogen (secondary N) is 1. The van der Waals surface area contributed by atoms with Crippen LogP contribution in [0.25, 0.3) is 0 Å². The van der Waals surface area contributed by atoms with E-state index in [1.54, 1.807) is 0 Å². The molecule has 2 heterocycles. The van der Waals surface area contributed by atoms with E-state index in [0.717, 1.165) is 5.56 Å². The van der Waals surface area contributed by atoms with E-state index in [2.05, 4.69) is 10.5 Å². The van der Waals surface area contributed by atoms with E-state index < -0.39 is 5.60 Å². The van der Waals surface area contributed by atoms with E-state index in [9.17, 15) is 4.79 Å². The summed E-state index contributed by atoms with van der Waals surface area (Å²) in [6.07, 6.45) is -0.00952. The van der Waals surface area contributed by atoms with Crippen LogP contribution in [0, 0.1) is 0 Å². The minimum absolute atomic E-state index is 0.00820. The first-order valence-electron chi connectivity index (χ1n) is 6.21. The van der Waals surface area contributed by atoms with Gasteiger partial charge in [0, 0.05) is 6.54 Å². The van der Waals surface area contributed by atoms with Crippen LogP contribution in [0.2, 0.25) is 0 Å². The van der Waals surface area contributed by atoms with Crippen molar-refractivity contribution in [1.29, 1.82) is 0 Å². The van der Waals surface area contributed by atoms with Gasteiger partial charge >= 0.3 is 0 Å². The van der Waals surface area contributed by atoms with E-state index in [-0.39, 0.29) is 17.8 Å². The van der Waals surface area contributed by atoms with Gasteiger partial charge < -0.3 is 10.2 Å². The molecule has 94 valence electrons. The topological polar surface area (TPSA) is 54.0 Å². The van der Waals surface area contributed by atoms with Gasteiger partial charge in [-0.2, -0.15) is 5.10 Å². The molecule has 3 rings (SSSR count). The zero-order chi connectivity index (χ0) is 12.8. The number of benzene rings is 1. The Bertz CT molecular complexity index is 512. The molecule has 1 fully saturated rings. The quantitative estimate of drug-likeness (QED) is 0.819. The fourth-order valence-electron chi connectivity index (χ4n) is 2.39. The van der Waals surface area contributed by atoms with Gasteiger partial charge in [0.2, 0.25) is 5.78 Å². The van der Waals surface area contributed by atoms with Crippen molar-refractivity contribution in [1.82, 2.24) is 5.43 Å². The Morgan fingerprint density at radius 1 is 1.44 bits per heavy atom. The molecule has 1 saturated heterocycles. The number of carbonyl (C=O) groups is 1. The van der Waals surface area contributed by atoms with E-state index in [1.165, 1.54) is 0 Å². The molecule has 1 aromatic carbocycles. The van der Waals surface area contributed by atoms with Crippen molar-refractivity contribution in [2.45, 2.75) is 31.5 Å². The molecule has 2 aliphatic rings. The Labute approximate surface area is 106 Å². The molecule has 4 heteroatoms. The van der Waals surface area contributed by atoms with Gasteiger partial charge in [-0.3, -0.25) is 4.79 Å². The number of hydrogen-bond acceptors (Lipinski definition) is 4. The number of nitrogens with zero attached hydrogens (tertiary/aromatic N) is 1. The molecule has 0 aliphatic carbocycles. The van der Waals surface area contributed by atoms with Crippen LogP contribution >= 0.6 is 0 Å². The van der Waals surface area contributed by atoms with Crippen LogP contribution in [0.4, 0.5) is 0 Å². The molecule has 4 nitrogen and oxygen atoms in total. The van der Waals surface area contributed by atoms with E-state index in [1.807, 2.05) is 44.2 Å². The minimum atomic E-state index is -0.669. The highest BCUT2D eigenvalue weighted by atomic mass is 16.6. The van der Waals surface area contributed by atoms with Crippen LogP contribution in [0.3, 0.4) is 0 Å². The standard InChI is InChI=1S/C14H16N2O2/c1-9-14(2,18-9)13(17)12-11(8-15-16-12)10-6-4-3-5-7-10/h3-7,9,11,15H,8H2,1-2H3/t9-,11-,14-/m0/s1. The predicted octanol–water partition coefficient (Wildman–Crippen LogP) is 1.48. The van der Waals surface area contributed by atoms with Gasteiger partial charge in [0.05, 0.1) is 12.0 Å². The number of Topliss-reactive ketones (excluding diaryl/α,β-unsaturated/α-hetero) is 1. The Morgan fingerprint density at radius 2 is 2.11 bits per heavy atom. The summed E-state index contributed by atoms with van der Waals surface area (Å²) in [5.74, 6) is 0.0424. The number of carbonyl (C=O) groups excluding carboxylic acids is 1. The number of epoxide rings is 1. The van der Waals surface area contributed by atoms with E-state index >= 15 is 0 Å². The summed E-state index contributed by atoms with van der Waals surface area (Å²) in [6.45, 7) is 4.43. The second-order valence-corrected chi connectivity index (χ2v) is 5.02. The molecule has 2 aliphatic heterocycles. The number of hydrazone groups is 1. The normalized spacial score (nSPS) is 33.8. The van der Waals surface area contributed by atoms with Crippen molar-refractivity contribution >= 4 is 11.5 Å². The van der Waals surface area contributed by atoms with Crippen molar-refractivity contribution in [3.05, 3.63) is 35.9 Å². The molecular weight excluding hydrogens is 228 g/mol. The highest BCUT2D eigenvalue weighted by molar-refractivity contribution is 6.45. The van der Waals surface area contributed by atoms with Gasteiger partial charge in [-0.15, -0.1) is 0 Å². The molecule has 0 spiro atoms. The van der Waals surface area contributed by atoms with Crippen molar-refractivity contribution in [3.63, 3.8) is 0 Å². The lowest BCUT2D eigenvalue weighted by Gasteiger charge is -2.13. The minimum Gasteiger partial charge on any atom is -0.358 e. The second-order valence-electron chi connectivity index (χ2n) is 5.02. The van der Waals surface area contributed by atoms with Crippen LogP contribution in [-0.2, 0) is 9.53 Å². The number of ether oxygens (including phenoxy) is 1. The maximum absolute atomic E-state index is 12.4. The number of ketones is 1. The maximum Gasteiger partial charge on any atom is 0.213 e. The van der Waals surface area contributed by atoms with Gasteiger partial charge in [0.25, 0.3) is 0 Å². The maximum atomic E-state index is 12.4. The monoisotopic (exact) mass is 244 g/mol. The lowest BCUT2D eigenvalue weighted by Crippen LogP contribution is -2.33. The Balaban J connectivity index is 1.86. The fraction of sp³-hybridized carbons (Fsp3) is 0.429. The second kappa shape index (κ2) is 3.92. The largest absolute Gasteiger partial charge is 0.358 e. The predicted molar refractivity (Wildman–Crippen MR) is 68.6 cm³/mol. The zero-order valence-electron chi connectivity index (χ0n) is 10.5. The molecule has 0 bridgehead atoms. The zero-order valence-corrected chi connectivity index (χ0v) is 10.5. The van der Waals surface area contributed by atoms with E-state index in [0.29, 0.717) is 12.3 Å². The number of hydrogen-bond donors (Lipinski definition) is 1. The summed E-state index contributed by atoms with van der Waals surface area (Å²) in [6, 6.07) is 9.99. The van der Waals surface area contributed by atoms with Crippen LogP contribution in [-0.4, -0.2) is 29.7 Å². The highest BCUT2D eigenvalue weighted by Gasteiger charge is 2.57. The smallest absolute Gasteiger partial charge is 0.213 e. The molecule has 0 saturated carbocycles. The third kappa shape index (κ3) is 1.64. The Morgan fingerprint density at radius 3 is 2.72 bits per heavy atom. The third-order valence-electron chi connectivity index (χ3n) is 3.85. The molecular formula is C14H16N2O2.